The molecule has 156 valence electrons. The third kappa shape index (κ3) is 3.92. The lowest BCUT2D eigenvalue weighted by molar-refractivity contribution is -0.922. The van der Waals surface area contributed by atoms with Crippen molar-refractivity contribution in [3.8, 4) is 0 Å². The van der Waals surface area contributed by atoms with Crippen LogP contribution in [0.1, 0.15) is 30.3 Å². The summed E-state index contributed by atoms with van der Waals surface area (Å²) in [5, 5.41) is 3.71. The highest BCUT2D eigenvalue weighted by atomic mass is 79.9. The normalized spacial score (nSPS) is 20.1. The molecule has 0 saturated carbocycles. The number of aromatic amines is 1. The van der Waals surface area contributed by atoms with Gasteiger partial charge in [-0.05, 0) is 25.1 Å². The number of rotatable bonds is 4. The first-order valence-corrected chi connectivity index (χ1v) is 10.5. The Balaban J connectivity index is 1.52. The van der Waals surface area contributed by atoms with Crippen molar-refractivity contribution in [2.24, 2.45) is 0 Å². The number of anilines is 1. The van der Waals surface area contributed by atoms with Gasteiger partial charge in [0.1, 0.15) is 5.69 Å². The summed E-state index contributed by atoms with van der Waals surface area (Å²) in [6, 6.07) is 5.30. The number of nitrogens with one attached hydrogen (secondary N) is 3. The van der Waals surface area contributed by atoms with E-state index in [4.69, 9.17) is 14.2 Å². The van der Waals surface area contributed by atoms with Crippen LogP contribution in [-0.4, -0.2) is 62.1 Å². The Labute approximate surface area is 177 Å². The minimum absolute atomic E-state index is 0.143. The Morgan fingerprint density at radius 2 is 1.97 bits per heavy atom. The molecule has 0 radical (unpaired) electrons. The lowest BCUT2D eigenvalue weighted by atomic mass is 10.0. The van der Waals surface area contributed by atoms with Crippen molar-refractivity contribution in [2.75, 3.05) is 38.7 Å². The summed E-state index contributed by atoms with van der Waals surface area (Å²) in [4.78, 5) is 29.5. The molecular formula is C20H25BrN3O5+. The van der Waals surface area contributed by atoms with Gasteiger partial charge in [0.15, 0.2) is 11.8 Å². The van der Waals surface area contributed by atoms with Crippen molar-refractivity contribution in [2.45, 2.75) is 31.6 Å². The van der Waals surface area contributed by atoms with E-state index in [0.717, 1.165) is 41.3 Å². The molecule has 1 aromatic carbocycles. The van der Waals surface area contributed by atoms with E-state index in [0.29, 0.717) is 18.9 Å². The first-order chi connectivity index (χ1) is 13.9. The van der Waals surface area contributed by atoms with Crippen LogP contribution >= 0.6 is 15.9 Å². The molecule has 1 spiro atoms. The molecule has 3 N–H and O–H groups in total. The van der Waals surface area contributed by atoms with Crippen LogP contribution in [0.4, 0.5) is 5.69 Å². The zero-order valence-corrected chi connectivity index (χ0v) is 18.1. The summed E-state index contributed by atoms with van der Waals surface area (Å²) in [7, 11) is 1.32. The number of carbonyl (C=O) groups excluding carboxylic acids is 2. The Kier molecular flexibility index (Phi) is 5.65. The van der Waals surface area contributed by atoms with Crippen molar-refractivity contribution in [3.63, 3.8) is 0 Å². The number of ether oxygens (including phenoxy) is 3. The number of quaternary nitrogens is 1. The predicted octanol–water partition coefficient (Wildman–Crippen LogP) is 1.47. The smallest absolute Gasteiger partial charge is 0.356 e. The summed E-state index contributed by atoms with van der Waals surface area (Å²) in [6.07, 6.45) is 1.54. The summed E-state index contributed by atoms with van der Waals surface area (Å²) < 4.78 is 17.3. The topological polar surface area (TPSA) is 94.1 Å². The molecule has 29 heavy (non-hydrogen) atoms. The Morgan fingerprint density at radius 3 is 2.62 bits per heavy atom. The molecule has 2 aromatic rings. The molecule has 1 amide bonds. The molecular weight excluding hydrogens is 442 g/mol. The average Bonchev–Trinajstić information content (AvgIpc) is 3.32. The lowest BCUT2D eigenvalue weighted by Crippen LogP contribution is -3.18. The minimum Gasteiger partial charge on any atom is -0.464 e. The van der Waals surface area contributed by atoms with Gasteiger partial charge in [0.25, 0.3) is 5.91 Å². The summed E-state index contributed by atoms with van der Waals surface area (Å²) >= 11 is 3.45. The number of piperidine rings is 1. The molecule has 2 aliphatic rings. The third-order valence-corrected chi connectivity index (χ3v) is 6.36. The maximum atomic E-state index is 13.0. The van der Waals surface area contributed by atoms with E-state index in [1.807, 2.05) is 25.1 Å². The standard InChI is InChI=1S/C20H24BrN3O5/c1-12(24-7-5-20(6-8-24)28-9-10-29-20)18(25)23-16-14-11-13(21)3-4-15(14)22-17(16)19(26)27-2/h3-4,11-12,22H,5-10H2,1-2H3,(H,23,25)/p+1/t12-/m0/s1. The van der Waals surface area contributed by atoms with E-state index >= 15 is 0 Å². The van der Waals surface area contributed by atoms with Gasteiger partial charge in [0, 0.05) is 15.4 Å². The molecule has 9 heteroatoms. The summed E-state index contributed by atoms with van der Waals surface area (Å²) in [6.45, 7) is 4.76. The highest BCUT2D eigenvalue weighted by molar-refractivity contribution is 9.10. The number of benzene rings is 1. The van der Waals surface area contributed by atoms with Crippen molar-refractivity contribution in [1.82, 2.24) is 4.98 Å². The van der Waals surface area contributed by atoms with Crippen molar-refractivity contribution in [1.29, 1.82) is 0 Å². The highest BCUT2D eigenvalue weighted by Gasteiger charge is 2.43. The molecule has 2 fully saturated rings. The first-order valence-electron chi connectivity index (χ1n) is 9.75. The zero-order valence-electron chi connectivity index (χ0n) is 16.5. The highest BCUT2D eigenvalue weighted by Crippen LogP contribution is 2.31. The first kappa shape index (κ1) is 20.3. The van der Waals surface area contributed by atoms with Crippen LogP contribution in [0.25, 0.3) is 10.9 Å². The van der Waals surface area contributed by atoms with Gasteiger partial charge >= 0.3 is 5.97 Å². The van der Waals surface area contributed by atoms with Gasteiger partial charge in [-0.3, -0.25) is 4.79 Å². The van der Waals surface area contributed by atoms with E-state index < -0.39 is 11.8 Å². The SMILES string of the molecule is COC(=O)c1[nH]c2ccc(Br)cc2c1NC(=O)[C@H](C)[NH+]1CCC2(CC1)OCCO2. The number of hydrogen-bond acceptors (Lipinski definition) is 5. The predicted molar refractivity (Wildman–Crippen MR) is 110 cm³/mol. The average molecular weight is 467 g/mol. The molecule has 0 bridgehead atoms. The molecule has 2 saturated heterocycles. The summed E-state index contributed by atoms with van der Waals surface area (Å²) in [5.41, 5.74) is 1.43. The van der Waals surface area contributed by atoms with Crippen LogP contribution in [0.5, 0.6) is 0 Å². The monoisotopic (exact) mass is 466 g/mol. The van der Waals surface area contributed by atoms with Gasteiger partial charge in [-0.2, -0.15) is 0 Å². The second-order valence-electron chi connectivity index (χ2n) is 7.53. The van der Waals surface area contributed by atoms with Gasteiger partial charge in [0.2, 0.25) is 0 Å². The van der Waals surface area contributed by atoms with Crippen molar-refractivity contribution in [3.05, 3.63) is 28.4 Å². The van der Waals surface area contributed by atoms with Crippen LogP contribution < -0.4 is 10.2 Å². The molecule has 4 rings (SSSR count). The third-order valence-electron chi connectivity index (χ3n) is 5.87. The maximum absolute atomic E-state index is 13.0. The van der Waals surface area contributed by atoms with Crippen LogP contribution in [0.3, 0.4) is 0 Å². The van der Waals surface area contributed by atoms with Gasteiger partial charge in [-0.25, -0.2) is 4.79 Å². The van der Waals surface area contributed by atoms with Gasteiger partial charge in [-0.1, -0.05) is 15.9 Å². The van der Waals surface area contributed by atoms with E-state index in [1.165, 1.54) is 12.0 Å². The summed E-state index contributed by atoms with van der Waals surface area (Å²) in [5.74, 6) is -1.13. The largest absolute Gasteiger partial charge is 0.464 e. The lowest BCUT2D eigenvalue weighted by Gasteiger charge is -2.37. The second kappa shape index (κ2) is 8.06. The fraction of sp³-hybridized carbons (Fsp3) is 0.500. The zero-order chi connectivity index (χ0) is 20.6. The molecule has 0 unspecified atom stereocenters. The number of H-pyrrole nitrogens is 1. The maximum Gasteiger partial charge on any atom is 0.356 e. The number of halogens is 1. The van der Waals surface area contributed by atoms with E-state index in [9.17, 15) is 9.59 Å². The van der Waals surface area contributed by atoms with Crippen LogP contribution in [0.2, 0.25) is 0 Å². The van der Waals surface area contributed by atoms with E-state index in [2.05, 4.69) is 26.2 Å². The fourth-order valence-corrected chi connectivity index (χ4v) is 4.50. The number of esters is 1. The minimum atomic E-state index is -0.525. The molecule has 2 aliphatic heterocycles. The number of amides is 1. The second-order valence-corrected chi connectivity index (χ2v) is 8.45. The van der Waals surface area contributed by atoms with Gasteiger partial charge in [0.05, 0.1) is 51.9 Å². The Morgan fingerprint density at radius 1 is 1.28 bits per heavy atom. The van der Waals surface area contributed by atoms with Crippen LogP contribution in [0, 0.1) is 0 Å². The molecule has 1 aromatic heterocycles. The number of aromatic nitrogens is 1. The van der Waals surface area contributed by atoms with E-state index in [1.54, 1.807) is 0 Å². The number of hydrogen-bond donors (Lipinski definition) is 3. The van der Waals surface area contributed by atoms with Gasteiger partial charge in [-0.15, -0.1) is 0 Å². The molecule has 1 atom stereocenters. The number of likely N-dealkylation sites (tertiary alicyclic amines) is 1. The molecule has 8 nitrogen and oxygen atoms in total. The number of carbonyl (C=O) groups is 2. The fourth-order valence-electron chi connectivity index (χ4n) is 4.14. The molecule has 3 heterocycles. The van der Waals surface area contributed by atoms with Crippen molar-refractivity contribution < 1.29 is 28.7 Å². The number of methoxy groups -OCH3 is 1. The number of fused-ring (bicyclic) bond motifs is 1. The Hall–Kier alpha value is -1.94. The van der Waals surface area contributed by atoms with Crippen molar-refractivity contribution >= 4 is 44.4 Å². The Bertz CT molecular complexity index is 928. The molecule has 0 aliphatic carbocycles. The van der Waals surface area contributed by atoms with Crippen LogP contribution in [0.15, 0.2) is 22.7 Å². The quantitative estimate of drug-likeness (QED) is 0.593. The van der Waals surface area contributed by atoms with E-state index in [-0.39, 0.29) is 17.6 Å². The van der Waals surface area contributed by atoms with Crippen LogP contribution in [-0.2, 0) is 19.0 Å². The van der Waals surface area contributed by atoms with Gasteiger partial charge < -0.3 is 29.4 Å².